The standard InChI is InChI=1S/C15H24N2O2/c1-5-19-13-8-6-12(7-9-13)10-11-17-14(18)15(2,3)16-4/h6-9,16H,5,10-11H2,1-4H3,(H,17,18). The second kappa shape index (κ2) is 7.14. The van der Waals surface area contributed by atoms with Crippen LogP contribution < -0.4 is 15.4 Å². The van der Waals surface area contributed by atoms with Crippen LogP contribution in [0.2, 0.25) is 0 Å². The number of hydrogen-bond donors (Lipinski definition) is 2. The van der Waals surface area contributed by atoms with E-state index in [1.807, 2.05) is 45.0 Å². The lowest BCUT2D eigenvalue weighted by atomic mass is 10.1. The van der Waals surface area contributed by atoms with E-state index in [0.29, 0.717) is 13.2 Å². The molecule has 0 heterocycles. The van der Waals surface area contributed by atoms with Gasteiger partial charge < -0.3 is 15.4 Å². The molecule has 0 aliphatic heterocycles. The molecule has 0 aliphatic carbocycles. The SMILES string of the molecule is CCOc1ccc(CCNC(=O)C(C)(C)NC)cc1. The molecule has 0 aromatic heterocycles. The van der Waals surface area contributed by atoms with Crippen molar-refractivity contribution in [3.8, 4) is 5.75 Å². The molecule has 106 valence electrons. The average Bonchev–Trinajstić information content (AvgIpc) is 2.41. The number of ether oxygens (including phenoxy) is 1. The van der Waals surface area contributed by atoms with Gasteiger partial charge in [0.25, 0.3) is 0 Å². The van der Waals surface area contributed by atoms with E-state index in [1.54, 1.807) is 7.05 Å². The van der Waals surface area contributed by atoms with Crippen LogP contribution in [0.15, 0.2) is 24.3 Å². The summed E-state index contributed by atoms with van der Waals surface area (Å²) in [4.78, 5) is 11.8. The molecular formula is C15H24N2O2. The molecule has 0 radical (unpaired) electrons. The normalized spacial score (nSPS) is 11.2. The number of carbonyl (C=O) groups is 1. The first-order valence-electron chi connectivity index (χ1n) is 6.68. The van der Waals surface area contributed by atoms with Gasteiger partial charge in [0.1, 0.15) is 5.75 Å². The van der Waals surface area contributed by atoms with Crippen LogP contribution >= 0.6 is 0 Å². The van der Waals surface area contributed by atoms with Crippen molar-refractivity contribution in [3.63, 3.8) is 0 Å². The molecule has 0 fully saturated rings. The molecule has 2 N–H and O–H groups in total. The average molecular weight is 264 g/mol. The molecule has 1 aromatic carbocycles. The third-order valence-corrected chi connectivity index (χ3v) is 3.13. The Morgan fingerprint density at radius 1 is 1.26 bits per heavy atom. The van der Waals surface area contributed by atoms with Gasteiger partial charge in [0.15, 0.2) is 0 Å². The predicted molar refractivity (Wildman–Crippen MR) is 77.5 cm³/mol. The topological polar surface area (TPSA) is 50.4 Å². The Kier molecular flexibility index (Phi) is 5.83. The molecule has 1 amide bonds. The molecule has 4 nitrogen and oxygen atoms in total. The fourth-order valence-electron chi connectivity index (χ4n) is 1.57. The van der Waals surface area contributed by atoms with Crippen molar-refractivity contribution in [2.75, 3.05) is 20.2 Å². The van der Waals surface area contributed by atoms with Crippen molar-refractivity contribution < 1.29 is 9.53 Å². The summed E-state index contributed by atoms with van der Waals surface area (Å²) in [6.07, 6.45) is 0.817. The summed E-state index contributed by atoms with van der Waals surface area (Å²) in [6, 6.07) is 7.97. The van der Waals surface area contributed by atoms with Crippen LogP contribution in [0.4, 0.5) is 0 Å². The van der Waals surface area contributed by atoms with Crippen LogP contribution in [0, 0.1) is 0 Å². The zero-order valence-electron chi connectivity index (χ0n) is 12.2. The van der Waals surface area contributed by atoms with Crippen molar-refractivity contribution in [3.05, 3.63) is 29.8 Å². The van der Waals surface area contributed by atoms with Gasteiger partial charge in [-0.1, -0.05) is 12.1 Å². The fourth-order valence-corrected chi connectivity index (χ4v) is 1.57. The zero-order valence-corrected chi connectivity index (χ0v) is 12.2. The largest absolute Gasteiger partial charge is 0.494 e. The van der Waals surface area contributed by atoms with E-state index in [1.165, 1.54) is 5.56 Å². The van der Waals surface area contributed by atoms with Crippen LogP contribution in [0.3, 0.4) is 0 Å². The second-order valence-electron chi connectivity index (χ2n) is 4.96. The first kappa shape index (κ1) is 15.5. The van der Waals surface area contributed by atoms with Crippen molar-refractivity contribution in [2.24, 2.45) is 0 Å². The molecule has 0 saturated heterocycles. The number of nitrogens with one attached hydrogen (secondary N) is 2. The molecule has 4 heteroatoms. The zero-order chi connectivity index (χ0) is 14.3. The van der Waals surface area contributed by atoms with Crippen LogP contribution in [0.5, 0.6) is 5.75 Å². The summed E-state index contributed by atoms with van der Waals surface area (Å²) in [5.41, 5.74) is 0.657. The maximum Gasteiger partial charge on any atom is 0.239 e. The Hall–Kier alpha value is -1.55. The lowest BCUT2D eigenvalue weighted by Crippen LogP contribution is -2.51. The Balaban J connectivity index is 2.39. The number of benzene rings is 1. The van der Waals surface area contributed by atoms with Gasteiger partial charge in [-0.3, -0.25) is 4.79 Å². The van der Waals surface area contributed by atoms with Gasteiger partial charge in [-0.05, 0) is 51.9 Å². The van der Waals surface area contributed by atoms with E-state index in [4.69, 9.17) is 4.74 Å². The van der Waals surface area contributed by atoms with Gasteiger partial charge in [0.05, 0.1) is 12.1 Å². The number of likely N-dealkylation sites (N-methyl/N-ethyl adjacent to an activating group) is 1. The third-order valence-electron chi connectivity index (χ3n) is 3.13. The van der Waals surface area contributed by atoms with Crippen molar-refractivity contribution in [1.29, 1.82) is 0 Å². The second-order valence-corrected chi connectivity index (χ2v) is 4.96. The minimum Gasteiger partial charge on any atom is -0.494 e. The molecule has 1 rings (SSSR count). The number of rotatable bonds is 7. The monoisotopic (exact) mass is 264 g/mol. The lowest BCUT2D eigenvalue weighted by molar-refractivity contribution is -0.126. The van der Waals surface area contributed by atoms with Crippen molar-refractivity contribution in [2.45, 2.75) is 32.7 Å². The van der Waals surface area contributed by atoms with Gasteiger partial charge in [-0.15, -0.1) is 0 Å². The van der Waals surface area contributed by atoms with Crippen LogP contribution in [0.1, 0.15) is 26.3 Å². The van der Waals surface area contributed by atoms with Crippen molar-refractivity contribution >= 4 is 5.91 Å². The molecule has 1 aromatic rings. The number of amides is 1. The van der Waals surface area contributed by atoms with Crippen LogP contribution in [0.25, 0.3) is 0 Å². The molecule has 0 aliphatic rings. The minimum absolute atomic E-state index is 0.0148. The van der Waals surface area contributed by atoms with Gasteiger partial charge >= 0.3 is 0 Å². The van der Waals surface area contributed by atoms with E-state index >= 15 is 0 Å². The van der Waals surface area contributed by atoms with Crippen LogP contribution in [-0.2, 0) is 11.2 Å². The molecule has 0 unspecified atom stereocenters. The van der Waals surface area contributed by atoms with Crippen molar-refractivity contribution in [1.82, 2.24) is 10.6 Å². The smallest absolute Gasteiger partial charge is 0.239 e. The Morgan fingerprint density at radius 2 is 1.89 bits per heavy atom. The summed E-state index contributed by atoms with van der Waals surface area (Å²) < 4.78 is 5.38. The van der Waals surface area contributed by atoms with Gasteiger partial charge in [0, 0.05) is 6.54 Å². The third kappa shape index (κ3) is 4.91. The molecule has 19 heavy (non-hydrogen) atoms. The molecule has 0 saturated carbocycles. The van der Waals surface area contributed by atoms with E-state index in [-0.39, 0.29) is 5.91 Å². The fraction of sp³-hybridized carbons (Fsp3) is 0.533. The number of hydrogen-bond acceptors (Lipinski definition) is 3. The summed E-state index contributed by atoms with van der Waals surface area (Å²) in [5.74, 6) is 0.896. The molecule has 0 atom stereocenters. The minimum atomic E-state index is -0.529. The maximum absolute atomic E-state index is 11.8. The Morgan fingerprint density at radius 3 is 2.42 bits per heavy atom. The lowest BCUT2D eigenvalue weighted by Gasteiger charge is -2.22. The Labute approximate surface area is 115 Å². The van der Waals surface area contributed by atoms with E-state index in [2.05, 4.69) is 10.6 Å². The predicted octanol–water partition coefficient (Wildman–Crippen LogP) is 1.74. The molecule has 0 bridgehead atoms. The van der Waals surface area contributed by atoms with E-state index < -0.39 is 5.54 Å². The molecular weight excluding hydrogens is 240 g/mol. The van der Waals surface area contributed by atoms with Gasteiger partial charge in [-0.25, -0.2) is 0 Å². The highest BCUT2D eigenvalue weighted by molar-refractivity contribution is 5.85. The highest BCUT2D eigenvalue weighted by Gasteiger charge is 2.24. The van der Waals surface area contributed by atoms with E-state index in [9.17, 15) is 4.79 Å². The van der Waals surface area contributed by atoms with Crippen LogP contribution in [-0.4, -0.2) is 31.6 Å². The first-order valence-corrected chi connectivity index (χ1v) is 6.68. The van der Waals surface area contributed by atoms with E-state index in [0.717, 1.165) is 12.2 Å². The quantitative estimate of drug-likeness (QED) is 0.788. The summed E-state index contributed by atoms with van der Waals surface area (Å²) in [6.45, 7) is 7.00. The Bertz CT molecular complexity index is 399. The van der Waals surface area contributed by atoms with Gasteiger partial charge in [-0.2, -0.15) is 0 Å². The number of carbonyl (C=O) groups excluding carboxylic acids is 1. The summed E-state index contributed by atoms with van der Waals surface area (Å²) in [5, 5.41) is 5.91. The highest BCUT2D eigenvalue weighted by Crippen LogP contribution is 2.12. The molecule has 0 spiro atoms. The summed E-state index contributed by atoms with van der Waals surface area (Å²) in [7, 11) is 1.78. The summed E-state index contributed by atoms with van der Waals surface area (Å²) >= 11 is 0. The van der Waals surface area contributed by atoms with Gasteiger partial charge in [0.2, 0.25) is 5.91 Å². The highest BCUT2D eigenvalue weighted by atomic mass is 16.5. The first-order chi connectivity index (χ1) is 8.99. The maximum atomic E-state index is 11.8.